The predicted molar refractivity (Wildman–Crippen MR) is 62.2 cm³/mol. The molecule has 1 unspecified atom stereocenters. The summed E-state index contributed by atoms with van der Waals surface area (Å²) in [6.45, 7) is 6.28. The molecule has 84 valence electrons. The van der Waals surface area contributed by atoms with Crippen molar-refractivity contribution in [1.29, 1.82) is 0 Å². The van der Waals surface area contributed by atoms with Crippen molar-refractivity contribution in [3.63, 3.8) is 0 Å². The molecule has 0 fully saturated rings. The minimum Gasteiger partial charge on any atom is -0.229 e. The molecule has 0 bridgehead atoms. The third-order valence-corrected chi connectivity index (χ3v) is 3.17. The van der Waals surface area contributed by atoms with Gasteiger partial charge in [0.15, 0.2) is 0 Å². The van der Waals surface area contributed by atoms with E-state index in [0.717, 1.165) is 19.3 Å². The number of hydrogen-bond donors (Lipinski definition) is 0. The quantitative estimate of drug-likeness (QED) is 0.642. The molecule has 0 aliphatic heterocycles. The van der Waals surface area contributed by atoms with Crippen molar-refractivity contribution >= 4 is 9.84 Å². The fraction of sp³-hybridized carbons (Fsp3) is 0.818. The van der Waals surface area contributed by atoms with Crippen LogP contribution in [0.4, 0.5) is 0 Å². The monoisotopic (exact) mass is 218 g/mol. The van der Waals surface area contributed by atoms with Crippen molar-refractivity contribution in [3.05, 3.63) is 11.6 Å². The number of hydrogen-bond acceptors (Lipinski definition) is 2. The Balaban J connectivity index is 3.67. The summed E-state index contributed by atoms with van der Waals surface area (Å²) in [6, 6.07) is 0. The first kappa shape index (κ1) is 13.7. The van der Waals surface area contributed by atoms with E-state index in [1.54, 1.807) is 0 Å². The van der Waals surface area contributed by atoms with Crippen LogP contribution in [0.1, 0.15) is 40.0 Å². The normalized spacial score (nSPS) is 13.7. The van der Waals surface area contributed by atoms with Crippen molar-refractivity contribution < 1.29 is 8.42 Å². The first-order valence-electron chi connectivity index (χ1n) is 5.12. The third kappa shape index (κ3) is 9.78. The van der Waals surface area contributed by atoms with E-state index in [-0.39, 0.29) is 0 Å². The highest BCUT2D eigenvalue weighted by molar-refractivity contribution is 7.90. The van der Waals surface area contributed by atoms with Gasteiger partial charge in [0.05, 0.1) is 5.75 Å². The maximum Gasteiger partial charge on any atom is 0.147 e. The van der Waals surface area contributed by atoms with Crippen LogP contribution in [-0.2, 0) is 9.84 Å². The van der Waals surface area contributed by atoms with Crippen LogP contribution < -0.4 is 0 Å². The minimum absolute atomic E-state index is 0.322. The second-order valence-corrected chi connectivity index (χ2v) is 6.64. The zero-order valence-corrected chi connectivity index (χ0v) is 10.5. The van der Waals surface area contributed by atoms with E-state index in [1.165, 1.54) is 11.8 Å². The van der Waals surface area contributed by atoms with Crippen molar-refractivity contribution in [3.8, 4) is 0 Å². The fourth-order valence-corrected chi connectivity index (χ4v) is 2.05. The van der Waals surface area contributed by atoms with E-state index in [9.17, 15) is 8.42 Å². The van der Waals surface area contributed by atoms with Crippen LogP contribution in [0.15, 0.2) is 11.6 Å². The average molecular weight is 218 g/mol. The van der Waals surface area contributed by atoms with Gasteiger partial charge in [-0.1, -0.05) is 18.6 Å². The van der Waals surface area contributed by atoms with Crippen LogP contribution in [0.2, 0.25) is 0 Å². The minimum atomic E-state index is -2.78. The molecule has 0 amide bonds. The number of allylic oxidation sites excluding steroid dienone is 2. The van der Waals surface area contributed by atoms with Gasteiger partial charge in [0.1, 0.15) is 9.84 Å². The molecule has 0 aromatic rings. The second kappa shape index (κ2) is 6.23. The van der Waals surface area contributed by atoms with Gasteiger partial charge in [0.25, 0.3) is 0 Å². The highest BCUT2D eigenvalue weighted by atomic mass is 32.2. The van der Waals surface area contributed by atoms with E-state index >= 15 is 0 Å². The van der Waals surface area contributed by atoms with Gasteiger partial charge in [-0.05, 0) is 39.0 Å². The van der Waals surface area contributed by atoms with Gasteiger partial charge in [-0.2, -0.15) is 0 Å². The summed E-state index contributed by atoms with van der Waals surface area (Å²) in [4.78, 5) is 0. The lowest BCUT2D eigenvalue weighted by Crippen LogP contribution is -2.07. The van der Waals surface area contributed by atoms with Crippen LogP contribution in [0.25, 0.3) is 0 Å². The zero-order valence-electron chi connectivity index (χ0n) is 9.71. The highest BCUT2D eigenvalue weighted by Gasteiger charge is 2.06. The number of sulfone groups is 1. The molecule has 0 aliphatic rings. The van der Waals surface area contributed by atoms with Gasteiger partial charge < -0.3 is 0 Å². The standard InChI is InChI=1S/C11H22O2S/c1-10(2)6-5-7-11(3)8-9-14(4,12)13/h6,11H,5,7-9H2,1-4H3. The largest absolute Gasteiger partial charge is 0.229 e. The summed E-state index contributed by atoms with van der Waals surface area (Å²) in [5, 5.41) is 0. The van der Waals surface area contributed by atoms with Gasteiger partial charge in [-0.25, -0.2) is 8.42 Å². The lowest BCUT2D eigenvalue weighted by Gasteiger charge is -2.08. The van der Waals surface area contributed by atoms with E-state index in [2.05, 4.69) is 26.8 Å². The van der Waals surface area contributed by atoms with E-state index in [4.69, 9.17) is 0 Å². The fourth-order valence-electron chi connectivity index (χ4n) is 1.22. The van der Waals surface area contributed by atoms with Crippen LogP contribution in [-0.4, -0.2) is 20.4 Å². The first-order chi connectivity index (χ1) is 6.31. The molecule has 0 aromatic heterocycles. The van der Waals surface area contributed by atoms with Crippen LogP contribution in [0.3, 0.4) is 0 Å². The second-order valence-electron chi connectivity index (χ2n) is 4.38. The Hall–Kier alpha value is -0.310. The molecule has 0 rings (SSSR count). The van der Waals surface area contributed by atoms with Gasteiger partial charge in [0, 0.05) is 6.26 Å². The molecular weight excluding hydrogens is 196 g/mol. The van der Waals surface area contributed by atoms with Crippen molar-refractivity contribution in [2.45, 2.75) is 40.0 Å². The molecular formula is C11H22O2S. The molecule has 0 saturated heterocycles. The molecule has 1 atom stereocenters. The maximum atomic E-state index is 10.9. The topological polar surface area (TPSA) is 34.1 Å². The van der Waals surface area contributed by atoms with Gasteiger partial charge in [0.2, 0.25) is 0 Å². The molecule has 14 heavy (non-hydrogen) atoms. The third-order valence-electron chi connectivity index (χ3n) is 2.19. The Morgan fingerprint density at radius 1 is 1.29 bits per heavy atom. The predicted octanol–water partition coefficient (Wildman–Crippen LogP) is 2.80. The van der Waals surface area contributed by atoms with Crippen LogP contribution in [0.5, 0.6) is 0 Å². The van der Waals surface area contributed by atoms with Gasteiger partial charge >= 0.3 is 0 Å². The molecule has 0 saturated carbocycles. The molecule has 2 nitrogen and oxygen atoms in total. The van der Waals surface area contributed by atoms with Crippen LogP contribution >= 0.6 is 0 Å². The van der Waals surface area contributed by atoms with E-state index in [0.29, 0.717) is 11.7 Å². The highest BCUT2D eigenvalue weighted by Crippen LogP contribution is 2.12. The Morgan fingerprint density at radius 2 is 1.86 bits per heavy atom. The van der Waals surface area contributed by atoms with Crippen molar-refractivity contribution in [2.75, 3.05) is 12.0 Å². The summed E-state index contributed by atoms with van der Waals surface area (Å²) < 4.78 is 21.8. The SMILES string of the molecule is CC(C)=CCCC(C)CCS(C)(=O)=O. The lowest BCUT2D eigenvalue weighted by atomic mass is 10.0. The Bertz CT molecular complexity index is 272. The van der Waals surface area contributed by atoms with Gasteiger partial charge in [-0.3, -0.25) is 0 Å². The summed E-state index contributed by atoms with van der Waals surface area (Å²) in [6.07, 6.45) is 6.44. The molecule has 0 radical (unpaired) electrons. The van der Waals surface area contributed by atoms with Crippen molar-refractivity contribution in [1.82, 2.24) is 0 Å². The molecule has 0 heterocycles. The smallest absolute Gasteiger partial charge is 0.147 e. The number of rotatable bonds is 6. The Morgan fingerprint density at radius 3 is 2.29 bits per heavy atom. The van der Waals surface area contributed by atoms with Crippen molar-refractivity contribution in [2.24, 2.45) is 5.92 Å². The summed E-state index contributed by atoms with van der Waals surface area (Å²) in [5.41, 5.74) is 1.33. The maximum absolute atomic E-state index is 10.9. The molecule has 0 aromatic carbocycles. The Labute approximate surface area is 88.3 Å². The summed E-state index contributed by atoms with van der Waals surface area (Å²) in [5.74, 6) is 0.823. The zero-order chi connectivity index (χ0) is 11.2. The van der Waals surface area contributed by atoms with Crippen LogP contribution in [0, 0.1) is 5.92 Å². The summed E-state index contributed by atoms with van der Waals surface area (Å²) in [7, 11) is -2.78. The average Bonchev–Trinajstić information content (AvgIpc) is 1.99. The lowest BCUT2D eigenvalue weighted by molar-refractivity contribution is 0.514. The Kier molecular flexibility index (Phi) is 6.09. The van der Waals surface area contributed by atoms with Gasteiger partial charge in [-0.15, -0.1) is 0 Å². The molecule has 0 spiro atoms. The molecule has 0 aliphatic carbocycles. The molecule has 0 N–H and O–H groups in total. The van der Waals surface area contributed by atoms with E-state index in [1.807, 2.05) is 0 Å². The summed E-state index contributed by atoms with van der Waals surface area (Å²) >= 11 is 0. The van der Waals surface area contributed by atoms with E-state index < -0.39 is 9.84 Å². The molecule has 3 heteroatoms. The first-order valence-corrected chi connectivity index (χ1v) is 7.18.